The van der Waals surface area contributed by atoms with Crippen molar-refractivity contribution in [3.05, 3.63) is 60.2 Å². The standard InChI is InChI=1S/2C17H18N4O2/c2*1-15(10-18)8-17-9-16(2,20(3)14(17)23)13(22)21(17)12(15)11-5-4-6-19-7-11/h2*4-7,12H,8-9H2,1-3H3/t2*12-,15+,16?,17-/m10/s1. The van der Waals surface area contributed by atoms with E-state index in [0.29, 0.717) is 25.7 Å². The van der Waals surface area contributed by atoms with Crippen molar-refractivity contribution in [3.63, 3.8) is 0 Å². The van der Waals surface area contributed by atoms with Gasteiger partial charge in [-0.25, -0.2) is 0 Å². The first-order chi connectivity index (χ1) is 21.6. The molecular formula is C34H36N8O4. The second-order valence-corrected chi connectivity index (χ2v) is 14.8. The van der Waals surface area contributed by atoms with Gasteiger partial charge in [-0.05, 0) is 51.0 Å². The van der Waals surface area contributed by atoms with Crippen LogP contribution in [0.5, 0.6) is 0 Å². The lowest BCUT2D eigenvalue weighted by Crippen LogP contribution is -2.60. The molecule has 6 fully saturated rings. The zero-order chi connectivity index (χ0) is 33.2. The molecule has 0 aliphatic carbocycles. The number of aromatic nitrogens is 2. The molecular weight excluding hydrogens is 584 g/mol. The van der Waals surface area contributed by atoms with Gasteiger partial charge in [0, 0.05) is 64.6 Å². The predicted molar refractivity (Wildman–Crippen MR) is 161 cm³/mol. The molecule has 4 amide bonds. The average molecular weight is 621 g/mol. The van der Waals surface area contributed by atoms with Crippen molar-refractivity contribution in [1.82, 2.24) is 29.6 Å². The van der Waals surface area contributed by atoms with Gasteiger partial charge in [-0.15, -0.1) is 0 Å². The van der Waals surface area contributed by atoms with Crippen molar-refractivity contribution in [3.8, 4) is 12.1 Å². The molecule has 8 atom stereocenters. The zero-order valence-corrected chi connectivity index (χ0v) is 26.8. The summed E-state index contributed by atoms with van der Waals surface area (Å²) >= 11 is 0. The number of rotatable bonds is 2. The average Bonchev–Trinajstić information content (AvgIpc) is 3.74. The van der Waals surface area contributed by atoms with Crippen molar-refractivity contribution < 1.29 is 19.2 Å². The number of amides is 4. The van der Waals surface area contributed by atoms with Crippen LogP contribution in [0.3, 0.4) is 0 Å². The summed E-state index contributed by atoms with van der Waals surface area (Å²) in [5.74, 6) is -0.222. The first kappa shape index (κ1) is 29.8. The zero-order valence-electron chi connectivity index (χ0n) is 26.8. The highest BCUT2D eigenvalue weighted by molar-refractivity contribution is 6.08. The molecule has 8 heterocycles. The molecule has 6 saturated heterocycles. The largest absolute Gasteiger partial charge is 0.329 e. The molecule has 12 nitrogen and oxygen atoms in total. The Morgan fingerprint density at radius 2 is 1.02 bits per heavy atom. The highest BCUT2D eigenvalue weighted by Crippen LogP contribution is 2.65. The van der Waals surface area contributed by atoms with Crippen molar-refractivity contribution >= 4 is 23.6 Å². The number of piperazine rings is 2. The fourth-order valence-electron chi connectivity index (χ4n) is 9.79. The first-order valence-electron chi connectivity index (χ1n) is 15.5. The minimum atomic E-state index is -0.883. The number of likely N-dealkylation sites (N-methyl/N-ethyl adjacent to an activating group) is 2. The number of pyridine rings is 2. The summed E-state index contributed by atoms with van der Waals surface area (Å²) in [7, 11) is 3.38. The first-order valence-corrected chi connectivity index (χ1v) is 15.5. The summed E-state index contributed by atoms with van der Waals surface area (Å²) in [5, 5.41) is 19.6. The highest BCUT2D eigenvalue weighted by Gasteiger charge is 2.79. The van der Waals surface area contributed by atoms with Crippen LogP contribution in [-0.4, -0.2) is 89.4 Å². The van der Waals surface area contributed by atoms with Gasteiger partial charge in [-0.1, -0.05) is 12.1 Å². The Kier molecular flexibility index (Phi) is 5.78. The van der Waals surface area contributed by atoms with Crippen molar-refractivity contribution in [2.24, 2.45) is 10.8 Å². The van der Waals surface area contributed by atoms with Crippen LogP contribution < -0.4 is 0 Å². The van der Waals surface area contributed by atoms with Crippen LogP contribution in [0, 0.1) is 33.5 Å². The lowest BCUT2D eigenvalue weighted by molar-refractivity contribution is -0.159. The minimum Gasteiger partial charge on any atom is -0.329 e. The van der Waals surface area contributed by atoms with E-state index in [9.17, 15) is 29.7 Å². The number of nitrogens with zero attached hydrogens (tertiary/aromatic N) is 8. The fourth-order valence-corrected chi connectivity index (χ4v) is 9.79. The normalized spacial score (nSPS) is 41.4. The molecule has 46 heavy (non-hydrogen) atoms. The third kappa shape index (κ3) is 3.22. The van der Waals surface area contributed by atoms with Crippen LogP contribution in [-0.2, 0) is 19.2 Å². The highest BCUT2D eigenvalue weighted by atomic mass is 16.2. The SMILES string of the molecule is CN1C(=O)[C@@]23CC1(C)C(=O)N2[C@H](c1cccnc1)[C@](C)(C#N)C3.CN1C(=O)[C@]23CC1(C)C(=O)N2[C@@H](c1cccnc1)[C@@](C)(C#N)C3. The Morgan fingerprint density at radius 3 is 1.33 bits per heavy atom. The van der Waals surface area contributed by atoms with Crippen LogP contribution in [0.15, 0.2) is 49.1 Å². The molecule has 6 aliphatic heterocycles. The molecule has 12 heteroatoms. The van der Waals surface area contributed by atoms with E-state index < -0.39 is 45.1 Å². The van der Waals surface area contributed by atoms with Crippen molar-refractivity contribution in [2.45, 2.75) is 87.6 Å². The summed E-state index contributed by atoms with van der Waals surface area (Å²) in [4.78, 5) is 66.8. The van der Waals surface area contributed by atoms with Gasteiger partial charge < -0.3 is 19.6 Å². The van der Waals surface area contributed by atoms with Crippen LogP contribution in [0.1, 0.15) is 76.6 Å². The van der Waals surface area contributed by atoms with E-state index in [1.165, 1.54) is 0 Å². The third-order valence-corrected chi connectivity index (χ3v) is 12.0. The van der Waals surface area contributed by atoms with Crippen LogP contribution in [0.25, 0.3) is 0 Å². The molecule has 4 bridgehead atoms. The smallest absolute Gasteiger partial charge is 0.249 e. The van der Waals surface area contributed by atoms with Crippen LogP contribution in [0.2, 0.25) is 0 Å². The van der Waals surface area contributed by atoms with Gasteiger partial charge in [-0.2, -0.15) is 10.5 Å². The summed E-state index contributed by atoms with van der Waals surface area (Å²) in [6, 6.07) is 11.2. The van der Waals surface area contributed by atoms with E-state index in [4.69, 9.17) is 0 Å². The van der Waals surface area contributed by atoms with E-state index in [0.717, 1.165) is 11.1 Å². The number of nitriles is 2. The molecule has 2 aromatic rings. The number of carbonyl (C=O) groups is 4. The Hall–Kier alpha value is -4.84. The Morgan fingerprint density at radius 1 is 0.652 bits per heavy atom. The molecule has 2 unspecified atom stereocenters. The van der Waals surface area contributed by atoms with Crippen molar-refractivity contribution in [2.75, 3.05) is 14.1 Å². The Bertz CT molecular complexity index is 1680. The van der Waals surface area contributed by atoms with E-state index in [2.05, 4.69) is 22.1 Å². The number of fused-ring (bicyclic) bond motifs is 2. The second-order valence-electron chi connectivity index (χ2n) is 14.8. The summed E-state index contributed by atoms with van der Waals surface area (Å²) in [6.45, 7) is 7.33. The Labute approximate surface area is 267 Å². The van der Waals surface area contributed by atoms with Gasteiger partial charge in [0.15, 0.2) is 0 Å². The molecule has 2 aromatic heterocycles. The minimum absolute atomic E-state index is 0.0486. The third-order valence-electron chi connectivity index (χ3n) is 12.0. The number of hydrogen-bond acceptors (Lipinski definition) is 8. The molecule has 0 aromatic carbocycles. The van der Waals surface area contributed by atoms with Gasteiger partial charge in [-0.3, -0.25) is 29.1 Å². The van der Waals surface area contributed by atoms with Gasteiger partial charge in [0.05, 0.1) is 35.1 Å². The molecule has 0 N–H and O–H groups in total. The maximum Gasteiger partial charge on any atom is 0.249 e. The second kappa shape index (κ2) is 8.91. The summed E-state index contributed by atoms with van der Waals surface area (Å²) in [6.07, 6.45) is 8.38. The Balaban J connectivity index is 0.000000147. The maximum absolute atomic E-state index is 13.1. The van der Waals surface area contributed by atoms with Gasteiger partial charge in [0.2, 0.25) is 23.6 Å². The van der Waals surface area contributed by atoms with Crippen LogP contribution >= 0.6 is 0 Å². The number of likely N-dealkylation sites (tertiary alicyclic amines) is 2. The van der Waals surface area contributed by atoms with E-state index >= 15 is 0 Å². The summed E-state index contributed by atoms with van der Waals surface area (Å²) in [5.41, 5.74) is -3.34. The number of hydrogen-bond donors (Lipinski definition) is 0. The molecule has 2 spiro atoms. The maximum atomic E-state index is 13.1. The lowest BCUT2D eigenvalue weighted by Gasteiger charge is -2.41. The fraction of sp³-hybridized carbons (Fsp3) is 0.529. The van der Waals surface area contributed by atoms with E-state index in [-0.39, 0.29) is 23.6 Å². The quantitative estimate of drug-likeness (QED) is 0.496. The van der Waals surface area contributed by atoms with E-state index in [1.54, 1.807) is 70.6 Å². The van der Waals surface area contributed by atoms with E-state index in [1.807, 2.05) is 39.8 Å². The van der Waals surface area contributed by atoms with Gasteiger partial charge in [0.1, 0.15) is 22.2 Å². The molecule has 6 aliphatic rings. The predicted octanol–water partition coefficient (Wildman–Crippen LogP) is 2.52. The van der Waals surface area contributed by atoms with Gasteiger partial charge in [0.25, 0.3) is 0 Å². The molecule has 8 rings (SSSR count). The molecule has 0 radical (unpaired) electrons. The molecule has 236 valence electrons. The monoisotopic (exact) mass is 620 g/mol. The number of carbonyl (C=O) groups excluding carboxylic acids is 4. The summed E-state index contributed by atoms with van der Waals surface area (Å²) < 4.78 is 0. The molecule has 0 saturated carbocycles. The topological polar surface area (TPSA) is 155 Å². The lowest BCUT2D eigenvalue weighted by atomic mass is 9.76. The van der Waals surface area contributed by atoms with Crippen molar-refractivity contribution in [1.29, 1.82) is 10.5 Å². The van der Waals surface area contributed by atoms with Gasteiger partial charge >= 0.3 is 0 Å². The van der Waals surface area contributed by atoms with Crippen LogP contribution in [0.4, 0.5) is 0 Å².